The normalized spacial score (nSPS) is 15.8. The van der Waals surface area contributed by atoms with Gasteiger partial charge in [-0.25, -0.2) is 9.97 Å². The lowest BCUT2D eigenvalue weighted by Gasteiger charge is -2.33. The monoisotopic (exact) mass is 467 g/mol. The Hall–Kier alpha value is -4.00. The minimum absolute atomic E-state index is 0.0114. The second-order valence-corrected chi connectivity index (χ2v) is 8.94. The molecule has 2 aromatic heterocycles. The van der Waals surface area contributed by atoms with E-state index in [1.165, 1.54) is 0 Å². The van der Waals surface area contributed by atoms with Crippen LogP contribution in [0.15, 0.2) is 77.7 Å². The number of hydrogen-bond donors (Lipinski definition) is 1. The molecule has 1 amide bonds. The van der Waals surface area contributed by atoms with E-state index in [2.05, 4.69) is 17.2 Å². The van der Waals surface area contributed by atoms with E-state index in [0.29, 0.717) is 36.6 Å². The molecule has 3 heterocycles. The van der Waals surface area contributed by atoms with Crippen molar-refractivity contribution in [3.05, 3.63) is 94.4 Å². The predicted molar refractivity (Wildman–Crippen MR) is 139 cm³/mol. The van der Waals surface area contributed by atoms with Gasteiger partial charge >= 0.3 is 0 Å². The van der Waals surface area contributed by atoms with Crippen molar-refractivity contribution in [3.63, 3.8) is 0 Å². The fourth-order valence-corrected chi connectivity index (χ4v) is 4.75. The van der Waals surface area contributed by atoms with E-state index in [4.69, 9.17) is 4.98 Å². The zero-order chi connectivity index (χ0) is 24.2. The van der Waals surface area contributed by atoms with E-state index >= 15 is 0 Å². The van der Waals surface area contributed by atoms with E-state index in [9.17, 15) is 9.59 Å². The second kappa shape index (κ2) is 10.1. The molecule has 1 atom stereocenters. The summed E-state index contributed by atoms with van der Waals surface area (Å²) in [4.78, 5) is 37.9. The second-order valence-electron chi connectivity index (χ2n) is 8.94. The van der Waals surface area contributed by atoms with E-state index in [1.54, 1.807) is 10.8 Å². The zero-order valence-electron chi connectivity index (χ0n) is 19.9. The molecule has 1 unspecified atom stereocenters. The summed E-state index contributed by atoms with van der Waals surface area (Å²) in [6.45, 7) is 3.64. The van der Waals surface area contributed by atoms with Crippen molar-refractivity contribution in [2.24, 2.45) is 5.92 Å². The summed E-state index contributed by atoms with van der Waals surface area (Å²) < 4.78 is 1.69. The molecule has 1 saturated heterocycles. The van der Waals surface area contributed by atoms with Crippen LogP contribution in [0, 0.1) is 5.92 Å². The van der Waals surface area contributed by atoms with Gasteiger partial charge in [0.15, 0.2) is 11.5 Å². The zero-order valence-corrected chi connectivity index (χ0v) is 19.9. The Balaban J connectivity index is 1.44. The van der Waals surface area contributed by atoms with Gasteiger partial charge in [0.05, 0.1) is 12.5 Å². The standard InChI is InChI=1S/C28H29N5O2/c1-2-21-12-6-7-14-23(21)31-27(34)22-13-9-17-32(19-22)26-28(35)33(18-20-10-4-3-5-11-20)25-24(30-26)15-8-16-29-25/h3-8,10-12,14-16,22H,2,9,13,17-19H2,1H3,(H,31,34). The fraction of sp³-hybridized carbons (Fsp3) is 0.286. The van der Waals surface area contributed by atoms with Gasteiger partial charge in [-0.1, -0.05) is 55.5 Å². The fourth-order valence-electron chi connectivity index (χ4n) is 4.75. The van der Waals surface area contributed by atoms with Gasteiger partial charge in [0.25, 0.3) is 5.56 Å². The number of fused-ring (bicyclic) bond motifs is 1. The lowest BCUT2D eigenvalue weighted by molar-refractivity contribution is -0.120. The van der Waals surface area contributed by atoms with Crippen molar-refractivity contribution in [2.75, 3.05) is 23.3 Å². The summed E-state index contributed by atoms with van der Waals surface area (Å²) in [5, 5.41) is 3.11. The molecule has 1 fully saturated rings. The van der Waals surface area contributed by atoms with E-state index in [0.717, 1.165) is 36.1 Å². The molecule has 1 aliphatic heterocycles. The number of carbonyl (C=O) groups excluding carboxylic acids is 1. The van der Waals surface area contributed by atoms with Gasteiger partial charge in [-0.05, 0) is 48.6 Å². The van der Waals surface area contributed by atoms with Gasteiger partial charge in [-0.3, -0.25) is 14.2 Å². The molecule has 0 bridgehead atoms. The molecule has 0 radical (unpaired) electrons. The Bertz CT molecular complexity index is 1400. The number of pyridine rings is 1. The molecule has 1 aliphatic rings. The molecule has 7 heteroatoms. The summed E-state index contributed by atoms with van der Waals surface area (Å²) in [7, 11) is 0. The molecule has 0 spiro atoms. The number of benzene rings is 2. The van der Waals surface area contributed by atoms with Crippen LogP contribution in [0.4, 0.5) is 11.5 Å². The third-order valence-electron chi connectivity index (χ3n) is 6.62. The minimum atomic E-state index is -0.220. The number of para-hydroxylation sites is 1. The molecule has 0 aliphatic carbocycles. The number of anilines is 2. The number of hydrogen-bond acceptors (Lipinski definition) is 5. The number of amides is 1. The van der Waals surface area contributed by atoms with Crippen LogP contribution in [0.3, 0.4) is 0 Å². The average molecular weight is 468 g/mol. The predicted octanol–water partition coefficient (Wildman–Crippen LogP) is 4.26. The maximum absolute atomic E-state index is 13.7. The van der Waals surface area contributed by atoms with Gasteiger partial charge in [-0.2, -0.15) is 0 Å². The highest BCUT2D eigenvalue weighted by atomic mass is 16.2. The molecule has 7 nitrogen and oxygen atoms in total. The Kier molecular flexibility index (Phi) is 6.57. The van der Waals surface area contributed by atoms with Gasteiger partial charge in [0.1, 0.15) is 5.52 Å². The van der Waals surface area contributed by atoms with Crippen LogP contribution in [0.2, 0.25) is 0 Å². The molecule has 4 aromatic rings. The topological polar surface area (TPSA) is 80.1 Å². The van der Waals surface area contributed by atoms with Crippen LogP contribution in [0.1, 0.15) is 30.9 Å². The van der Waals surface area contributed by atoms with Crippen molar-refractivity contribution in [2.45, 2.75) is 32.7 Å². The largest absolute Gasteiger partial charge is 0.351 e. The third kappa shape index (κ3) is 4.80. The van der Waals surface area contributed by atoms with Crippen LogP contribution >= 0.6 is 0 Å². The van der Waals surface area contributed by atoms with Crippen LogP contribution < -0.4 is 15.8 Å². The number of nitrogens with zero attached hydrogens (tertiary/aromatic N) is 4. The number of aryl methyl sites for hydroxylation is 1. The van der Waals surface area contributed by atoms with Gasteiger partial charge in [-0.15, -0.1) is 0 Å². The number of nitrogens with one attached hydrogen (secondary N) is 1. The lowest BCUT2D eigenvalue weighted by atomic mass is 9.96. The molecule has 178 valence electrons. The van der Waals surface area contributed by atoms with Gasteiger partial charge in [0, 0.05) is 25.0 Å². The Morgan fingerprint density at radius 1 is 1.06 bits per heavy atom. The van der Waals surface area contributed by atoms with E-state index in [-0.39, 0.29) is 17.4 Å². The number of rotatable bonds is 6. The van der Waals surface area contributed by atoms with Crippen molar-refractivity contribution in [1.29, 1.82) is 0 Å². The first kappa shape index (κ1) is 22.8. The summed E-state index contributed by atoms with van der Waals surface area (Å²) in [6.07, 6.45) is 4.13. The molecule has 35 heavy (non-hydrogen) atoms. The van der Waals surface area contributed by atoms with Crippen molar-refractivity contribution in [3.8, 4) is 0 Å². The lowest BCUT2D eigenvalue weighted by Crippen LogP contribution is -2.44. The summed E-state index contributed by atoms with van der Waals surface area (Å²) in [5.74, 6) is 0.151. The Morgan fingerprint density at radius 3 is 2.69 bits per heavy atom. The Morgan fingerprint density at radius 2 is 1.86 bits per heavy atom. The average Bonchev–Trinajstić information content (AvgIpc) is 2.91. The van der Waals surface area contributed by atoms with Crippen LogP contribution in [-0.2, 0) is 17.8 Å². The van der Waals surface area contributed by atoms with Crippen molar-refractivity contribution >= 4 is 28.6 Å². The highest BCUT2D eigenvalue weighted by Crippen LogP contribution is 2.24. The molecule has 0 saturated carbocycles. The number of carbonyl (C=O) groups is 1. The van der Waals surface area contributed by atoms with Crippen LogP contribution in [-0.4, -0.2) is 33.5 Å². The molecule has 5 rings (SSSR count). The minimum Gasteiger partial charge on any atom is -0.351 e. The van der Waals surface area contributed by atoms with Crippen molar-refractivity contribution < 1.29 is 4.79 Å². The third-order valence-corrected chi connectivity index (χ3v) is 6.62. The van der Waals surface area contributed by atoms with E-state index in [1.807, 2.05) is 71.6 Å². The molecular formula is C28H29N5O2. The number of piperidine rings is 1. The highest BCUT2D eigenvalue weighted by molar-refractivity contribution is 5.93. The van der Waals surface area contributed by atoms with Crippen LogP contribution in [0.25, 0.3) is 11.2 Å². The first-order valence-corrected chi connectivity index (χ1v) is 12.2. The van der Waals surface area contributed by atoms with Crippen molar-refractivity contribution in [1.82, 2.24) is 14.5 Å². The molecule has 1 N–H and O–H groups in total. The smallest absolute Gasteiger partial charge is 0.295 e. The van der Waals surface area contributed by atoms with Gasteiger partial charge < -0.3 is 10.2 Å². The first-order valence-electron chi connectivity index (χ1n) is 12.2. The highest BCUT2D eigenvalue weighted by Gasteiger charge is 2.29. The number of aromatic nitrogens is 3. The maximum Gasteiger partial charge on any atom is 0.295 e. The first-order chi connectivity index (χ1) is 17.1. The van der Waals surface area contributed by atoms with Crippen LogP contribution in [0.5, 0.6) is 0 Å². The summed E-state index contributed by atoms with van der Waals surface area (Å²) >= 11 is 0. The van der Waals surface area contributed by atoms with E-state index < -0.39 is 0 Å². The molecular weight excluding hydrogens is 438 g/mol. The maximum atomic E-state index is 13.7. The quantitative estimate of drug-likeness (QED) is 0.458. The SMILES string of the molecule is CCc1ccccc1NC(=O)C1CCCN(c2nc3cccnc3n(Cc3ccccc3)c2=O)C1. The molecule has 2 aromatic carbocycles. The Labute approximate surface area is 204 Å². The van der Waals surface area contributed by atoms with Gasteiger partial charge in [0.2, 0.25) is 5.91 Å². The summed E-state index contributed by atoms with van der Waals surface area (Å²) in [5.41, 5.74) is 4.04. The summed E-state index contributed by atoms with van der Waals surface area (Å²) in [6, 6.07) is 21.5.